The summed E-state index contributed by atoms with van der Waals surface area (Å²) in [4.78, 5) is 4.26. The minimum absolute atomic E-state index is 0.472. The molecule has 2 heterocycles. The first kappa shape index (κ1) is 15.7. The molecule has 7 heteroatoms. The third-order valence-electron chi connectivity index (χ3n) is 4.34. The maximum absolute atomic E-state index is 11.0. The van der Waals surface area contributed by atoms with Crippen molar-refractivity contribution in [3.05, 3.63) is 24.0 Å². The number of hydrogen-bond acceptors (Lipinski definition) is 5. The van der Waals surface area contributed by atoms with E-state index < -0.39 is 10.0 Å². The largest absolute Gasteiger partial charge is 0.490 e. The second-order valence-electron chi connectivity index (χ2n) is 6.26. The van der Waals surface area contributed by atoms with Crippen LogP contribution in [0, 0.1) is 5.92 Å². The zero-order valence-electron chi connectivity index (χ0n) is 12.8. The predicted molar refractivity (Wildman–Crippen MR) is 84.5 cm³/mol. The Morgan fingerprint density at radius 3 is 2.95 bits per heavy atom. The van der Waals surface area contributed by atoms with Gasteiger partial charge in [-0.25, -0.2) is 13.1 Å². The summed E-state index contributed by atoms with van der Waals surface area (Å²) in [5, 5.41) is 3.31. The number of pyridine rings is 1. The first-order valence-corrected chi connectivity index (χ1v) is 9.66. The van der Waals surface area contributed by atoms with E-state index in [1.807, 2.05) is 6.20 Å². The quantitative estimate of drug-likeness (QED) is 0.741. The van der Waals surface area contributed by atoms with Gasteiger partial charge in [0.25, 0.3) is 0 Å². The molecule has 3 atom stereocenters. The molecule has 1 saturated heterocycles. The Kier molecular flexibility index (Phi) is 4.65. The van der Waals surface area contributed by atoms with E-state index in [9.17, 15) is 8.42 Å². The maximum Gasteiger partial charge on any atom is 0.208 e. The van der Waals surface area contributed by atoms with Gasteiger partial charge in [-0.3, -0.25) is 4.98 Å². The summed E-state index contributed by atoms with van der Waals surface area (Å²) >= 11 is 0. The lowest BCUT2D eigenvalue weighted by molar-refractivity contribution is 0.217. The van der Waals surface area contributed by atoms with Crippen LogP contribution in [-0.4, -0.2) is 45.4 Å². The average molecular weight is 325 g/mol. The van der Waals surface area contributed by atoms with Gasteiger partial charge in [0.2, 0.25) is 10.0 Å². The molecule has 1 aromatic rings. The third-order valence-corrected chi connectivity index (χ3v) is 5.07. The number of sulfonamides is 1. The number of rotatable bonds is 8. The van der Waals surface area contributed by atoms with Crippen LogP contribution in [0.15, 0.2) is 18.5 Å². The predicted octanol–water partition coefficient (Wildman–Crippen LogP) is 0.865. The van der Waals surface area contributed by atoms with Crippen LogP contribution in [0.2, 0.25) is 0 Å². The second-order valence-corrected chi connectivity index (χ2v) is 8.10. The summed E-state index contributed by atoms with van der Waals surface area (Å²) in [7, 11) is -3.08. The van der Waals surface area contributed by atoms with Gasteiger partial charge < -0.3 is 10.1 Å². The van der Waals surface area contributed by atoms with E-state index in [1.54, 1.807) is 6.20 Å². The smallest absolute Gasteiger partial charge is 0.208 e. The minimum Gasteiger partial charge on any atom is -0.490 e. The van der Waals surface area contributed by atoms with Crippen LogP contribution in [0.3, 0.4) is 0 Å². The summed E-state index contributed by atoms with van der Waals surface area (Å²) in [5.74, 6) is 1.85. The molecule has 0 radical (unpaired) electrons. The van der Waals surface area contributed by atoms with Crippen molar-refractivity contribution >= 4 is 10.0 Å². The molecular weight excluding hydrogens is 302 g/mol. The zero-order valence-corrected chi connectivity index (χ0v) is 13.6. The normalized spacial score (nSPS) is 27.2. The topological polar surface area (TPSA) is 80.3 Å². The first-order chi connectivity index (χ1) is 10.5. The third kappa shape index (κ3) is 4.41. The van der Waals surface area contributed by atoms with Gasteiger partial charge in [0.05, 0.1) is 12.5 Å². The van der Waals surface area contributed by atoms with Gasteiger partial charge in [-0.05, 0) is 49.3 Å². The van der Waals surface area contributed by atoms with Crippen LogP contribution in [-0.2, 0) is 10.0 Å². The fourth-order valence-electron chi connectivity index (χ4n) is 2.81. The summed E-state index contributed by atoms with van der Waals surface area (Å²) in [6, 6.07) is 2.54. The van der Waals surface area contributed by atoms with Crippen molar-refractivity contribution in [3.63, 3.8) is 0 Å². The van der Waals surface area contributed by atoms with Crippen LogP contribution >= 0.6 is 0 Å². The van der Waals surface area contributed by atoms with E-state index >= 15 is 0 Å². The van der Waals surface area contributed by atoms with Crippen molar-refractivity contribution in [1.29, 1.82) is 0 Å². The number of hydrogen-bond donors (Lipinski definition) is 2. The monoisotopic (exact) mass is 325 g/mol. The van der Waals surface area contributed by atoms with Crippen LogP contribution < -0.4 is 14.8 Å². The highest BCUT2D eigenvalue weighted by atomic mass is 32.2. The Morgan fingerprint density at radius 2 is 2.27 bits per heavy atom. The average Bonchev–Trinajstić information content (AvgIpc) is 3.15. The number of aromatic nitrogens is 1. The summed E-state index contributed by atoms with van der Waals surface area (Å²) in [6.45, 7) is 2.28. The van der Waals surface area contributed by atoms with Gasteiger partial charge in [0.1, 0.15) is 12.4 Å². The molecule has 0 aromatic carbocycles. The Hall–Kier alpha value is -1.18. The van der Waals surface area contributed by atoms with E-state index in [4.69, 9.17) is 4.74 Å². The SMILES string of the molecule is CS(=O)(=O)NCC[C@H]1C[C@@H]1c1cncc(OC[C@@H]2CCN2)c1. The molecule has 1 aliphatic carbocycles. The van der Waals surface area contributed by atoms with Gasteiger partial charge in [-0.1, -0.05) is 0 Å². The fraction of sp³-hybridized carbons (Fsp3) is 0.667. The highest BCUT2D eigenvalue weighted by Gasteiger charge is 2.38. The van der Waals surface area contributed by atoms with Gasteiger partial charge in [0.15, 0.2) is 0 Å². The van der Waals surface area contributed by atoms with Crippen molar-refractivity contribution in [2.75, 3.05) is 26.0 Å². The highest BCUT2D eigenvalue weighted by molar-refractivity contribution is 7.88. The molecule has 2 aliphatic rings. The van der Waals surface area contributed by atoms with E-state index in [0.29, 0.717) is 31.0 Å². The molecule has 22 heavy (non-hydrogen) atoms. The highest BCUT2D eigenvalue weighted by Crippen LogP contribution is 2.49. The lowest BCUT2D eigenvalue weighted by Gasteiger charge is -2.27. The lowest BCUT2D eigenvalue weighted by atomic mass is 10.1. The molecule has 0 bridgehead atoms. The molecule has 6 nitrogen and oxygen atoms in total. The Bertz CT molecular complexity index is 616. The minimum atomic E-state index is -3.08. The van der Waals surface area contributed by atoms with Crippen molar-refractivity contribution < 1.29 is 13.2 Å². The maximum atomic E-state index is 11.0. The Balaban J connectivity index is 1.46. The van der Waals surface area contributed by atoms with Crippen molar-refractivity contribution in [2.45, 2.75) is 31.2 Å². The summed E-state index contributed by atoms with van der Waals surface area (Å²) in [6.07, 6.45) is 7.98. The van der Waals surface area contributed by atoms with Crippen molar-refractivity contribution in [1.82, 2.24) is 15.0 Å². The summed E-state index contributed by atoms with van der Waals surface area (Å²) in [5.41, 5.74) is 1.20. The van der Waals surface area contributed by atoms with E-state index in [1.165, 1.54) is 18.2 Å². The molecule has 1 saturated carbocycles. The van der Waals surface area contributed by atoms with Crippen LogP contribution in [0.1, 0.15) is 30.7 Å². The Labute approximate surface area is 131 Å². The van der Waals surface area contributed by atoms with Gasteiger partial charge in [0, 0.05) is 18.8 Å². The Morgan fingerprint density at radius 1 is 1.45 bits per heavy atom. The van der Waals surface area contributed by atoms with Crippen molar-refractivity contribution in [2.24, 2.45) is 5.92 Å². The number of nitrogens with one attached hydrogen (secondary N) is 2. The van der Waals surface area contributed by atoms with Crippen LogP contribution in [0.25, 0.3) is 0 Å². The fourth-order valence-corrected chi connectivity index (χ4v) is 3.30. The molecule has 1 aromatic heterocycles. The van der Waals surface area contributed by atoms with Crippen LogP contribution in [0.5, 0.6) is 5.75 Å². The number of nitrogens with zero attached hydrogens (tertiary/aromatic N) is 1. The number of ether oxygens (including phenoxy) is 1. The molecule has 122 valence electrons. The molecule has 3 rings (SSSR count). The van der Waals surface area contributed by atoms with Gasteiger partial charge >= 0.3 is 0 Å². The lowest BCUT2D eigenvalue weighted by Crippen LogP contribution is -2.46. The molecule has 1 aliphatic heterocycles. The first-order valence-electron chi connectivity index (χ1n) is 7.77. The second kappa shape index (κ2) is 6.52. The van der Waals surface area contributed by atoms with Crippen molar-refractivity contribution in [3.8, 4) is 5.75 Å². The van der Waals surface area contributed by atoms with E-state index in [0.717, 1.165) is 25.1 Å². The molecule has 2 fully saturated rings. The molecule has 2 N–H and O–H groups in total. The standard InChI is InChI=1S/C15H23N3O3S/c1-22(19,20)18-5-2-11-7-15(11)12-6-14(9-16-8-12)21-10-13-3-4-17-13/h6,8-9,11,13,15,17-18H,2-5,7,10H2,1H3/t11-,13-,15-/m0/s1. The van der Waals surface area contributed by atoms with E-state index in [2.05, 4.69) is 21.1 Å². The molecule has 0 amide bonds. The van der Waals surface area contributed by atoms with Gasteiger partial charge in [-0.2, -0.15) is 0 Å². The zero-order chi connectivity index (χ0) is 15.6. The summed E-state index contributed by atoms with van der Waals surface area (Å²) < 4.78 is 30.4. The molecule has 0 unspecified atom stereocenters. The van der Waals surface area contributed by atoms with E-state index in [-0.39, 0.29) is 0 Å². The van der Waals surface area contributed by atoms with Gasteiger partial charge in [-0.15, -0.1) is 0 Å². The molecule has 0 spiro atoms. The van der Waals surface area contributed by atoms with Crippen LogP contribution in [0.4, 0.5) is 0 Å². The molecular formula is C15H23N3O3S.